The highest BCUT2D eigenvalue weighted by Gasteiger charge is 2.44. The van der Waals surface area contributed by atoms with Crippen LogP contribution in [0.5, 0.6) is 0 Å². The summed E-state index contributed by atoms with van der Waals surface area (Å²) in [6.45, 7) is -0.480. The fraction of sp³-hybridized carbons (Fsp3) is 0.318. The number of fused-ring (bicyclic) bond motifs is 1. The molecule has 0 aliphatic carbocycles. The highest BCUT2D eigenvalue weighted by molar-refractivity contribution is 7.19. The zero-order valence-corrected chi connectivity index (χ0v) is 16.3. The topological polar surface area (TPSA) is 114 Å². The van der Waals surface area contributed by atoms with Crippen molar-refractivity contribution in [2.24, 2.45) is 0 Å². The number of ether oxygens (including phenoxy) is 1. The molecule has 4 N–H and O–H groups in total. The average molecular weight is 411 g/mol. The molecular weight excluding hydrogens is 390 g/mol. The minimum atomic E-state index is -1.44. The molecule has 150 valence electrons. The summed E-state index contributed by atoms with van der Waals surface area (Å²) < 4.78 is 6.83. The number of thiophene rings is 1. The second-order valence-electron chi connectivity index (χ2n) is 7.21. The van der Waals surface area contributed by atoms with Crippen molar-refractivity contribution in [1.82, 2.24) is 0 Å². The van der Waals surface area contributed by atoms with Crippen LogP contribution >= 0.6 is 11.3 Å². The van der Waals surface area contributed by atoms with Gasteiger partial charge in [0.25, 0.3) is 0 Å². The van der Waals surface area contributed by atoms with Crippen molar-refractivity contribution in [2.75, 3.05) is 6.61 Å². The van der Waals surface area contributed by atoms with E-state index in [1.165, 1.54) is 4.70 Å². The summed E-state index contributed by atoms with van der Waals surface area (Å²) >= 11 is 1.66. The molecular formula is C22H21NO5S. The van der Waals surface area contributed by atoms with E-state index in [4.69, 9.17) is 4.74 Å². The van der Waals surface area contributed by atoms with E-state index < -0.39 is 37.1 Å². The van der Waals surface area contributed by atoms with Crippen LogP contribution in [0.2, 0.25) is 0 Å². The third-order valence-corrected chi connectivity index (χ3v) is 6.43. The van der Waals surface area contributed by atoms with E-state index in [9.17, 15) is 25.7 Å². The molecule has 0 bridgehead atoms. The molecule has 3 aromatic rings. The summed E-state index contributed by atoms with van der Waals surface area (Å²) in [5.74, 6) is 0. The summed E-state index contributed by atoms with van der Waals surface area (Å²) in [5, 5.41) is 50.5. The Morgan fingerprint density at radius 1 is 1.00 bits per heavy atom. The molecule has 1 aliphatic heterocycles. The van der Waals surface area contributed by atoms with Gasteiger partial charge < -0.3 is 25.2 Å². The largest absolute Gasteiger partial charge is 0.394 e. The molecule has 2 heterocycles. The lowest BCUT2D eigenvalue weighted by Crippen LogP contribution is -2.55. The molecule has 4 rings (SSSR count). The average Bonchev–Trinajstić information content (AvgIpc) is 3.14. The second kappa shape index (κ2) is 8.20. The maximum absolute atomic E-state index is 10.4. The lowest BCUT2D eigenvalue weighted by Gasteiger charge is -2.40. The Morgan fingerprint density at radius 3 is 2.52 bits per heavy atom. The van der Waals surface area contributed by atoms with Gasteiger partial charge in [-0.1, -0.05) is 30.3 Å². The molecule has 6 nitrogen and oxygen atoms in total. The summed E-state index contributed by atoms with van der Waals surface area (Å²) in [4.78, 5) is 1.11. The Labute approximate surface area is 171 Å². The van der Waals surface area contributed by atoms with Crippen molar-refractivity contribution in [1.29, 1.82) is 5.26 Å². The third kappa shape index (κ3) is 3.79. The van der Waals surface area contributed by atoms with Crippen LogP contribution in [0.25, 0.3) is 10.1 Å². The highest BCUT2D eigenvalue weighted by atomic mass is 32.1. The molecule has 29 heavy (non-hydrogen) atoms. The number of aliphatic hydroxyl groups excluding tert-OH is 4. The molecule has 5 atom stereocenters. The van der Waals surface area contributed by atoms with E-state index in [1.54, 1.807) is 29.5 Å². The molecule has 1 aromatic heterocycles. The quantitative estimate of drug-likeness (QED) is 0.521. The molecule has 1 saturated heterocycles. The number of nitriles is 1. The summed E-state index contributed by atoms with van der Waals surface area (Å²) in [5.41, 5.74) is 1.89. The molecule has 1 fully saturated rings. The molecule has 2 aromatic carbocycles. The van der Waals surface area contributed by atoms with Crippen LogP contribution in [0.1, 0.15) is 27.7 Å². The minimum absolute atomic E-state index is 0.480. The monoisotopic (exact) mass is 411 g/mol. The van der Waals surface area contributed by atoms with Crippen LogP contribution in [0.4, 0.5) is 0 Å². The van der Waals surface area contributed by atoms with Gasteiger partial charge in [0.05, 0.1) is 18.2 Å². The van der Waals surface area contributed by atoms with Gasteiger partial charge in [-0.15, -0.1) is 11.3 Å². The number of benzene rings is 2. The lowest BCUT2D eigenvalue weighted by atomic mass is 9.89. The van der Waals surface area contributed by atoms with E-state index in [0.717, 1.165) is 15.8 Å². The Balaban J connectivity index is 1.67. The summed E-state index contributed by atoms with van der Waals surface area (Å²) in [7, 11) is 0. The highest BCUT2D eigenvalue weighted by Crippen LogP contribution is 2.34. The number of hydrogen-bond acceptors (Lipinski definition) is 7. The van der Waals surface area contributed by atoms with Crippen LogP contribution < -0.4 is 0 Å². The SMILES string of the molecule is N#Cc1ccc([C@@H]2O[C@H](CO)[C@@H](O)[C@H](O)[C@H]2O)cc1Cc1cc2ccccc2s1. The summed E-state index contributed by atoms with van der Waals surface area (Å²) in [6, 6.07) is 17.5. The maximum atomic E-state index is 10.4. The number of rotatable bonds is 4. The number of nitrogens with zero attached hydrogens (tertiary/aromatic N) is 1. The number of aliphatic hydroxyl groups is 4. The predicted octanol–water partition coefficient (Wildman–Crippen LogP) is 1.88. The van der Waals surface area contributed by atoms with Gasteiger partial charge in [-0.05, 0) is 34.7 Å². The van der Waals surface area contributed by atoms with E-state index in [2.05, 4.69) is 18.2 Å². The van der Waals surface area contributed by atoms with E-state index in [0.29, 0.717) is 17.5 Å². The van der Waals surface area contributed by atoms with Gasteiger partial charge in [0.1, 0.15) is 30.5 Å². The first-order valence-electron chi connectivity index (χ1n) is 9.32. The van der Waals surface area contributed by atoms with Crippen LogP contribution in [0.3, 0.4) is 0 Å². The normalized spacial score (nSPS) is 27.1. The maximum Gasteiger partial charge on any atom is 0.113 e. The van der Waals surface area contributed by atoms with Crippen LogP contribution in [0, 0.1) is 11.3 Å². The Bertz CT molecular complexity index is 1020. The molecule has 0 amide bonds. The van der Waals surface area contributed by atoms with Gasteiger partial charge in [0.15, 0.2) is 0 Å². The lowest BCUT2D eigenvalue weighted by molar-refractivity contribution is -0.231. The van der Waals surface area contributed by atoms with Crippen molar-refractivity contribution in [3.05, 3.63) is 70.1 Å². The van der Waals surface area contributed by atoms with Crippen molar-refractivity contribution in [2.45, 2.75) is 36.9 Å². The zero-order valence-electron chi connectivity index (χ0n) is 15.5. The third-order valence-electron chi connectivity index (χ3n) is 5.31. The van der Waals surface area contributed by atoms with E-state index in [1.807, 2.05) is 18.2 Å². The first-order chi connectivity index (χ1) is 14.0. The Hall–Kier alpha value is -2.31. The molecule has 0 spiro atoms. The number of hydrogen-bond donors (Lipinski definition) is 4. The van der Waals surface area contributed by atoms with Crippen LogP contribution in [0.15, 0.2) is 48.5 Å². The molecule has 0 unspecified atom stereocenters. The second-order valence-corrected chi connectivity index (χ2v) is 8.37. The van der Waals surface area contributed by atoms with Crippen molar-refractivity contribution < 1.29 is 25.2 Å². The van der Waals surface area contributed by atoms with E-state index >= 15 is 0 Å². The molecule has 0 saturated carbocycles. The minimum Gasteiger partial charge on any atom is -0.394 e. The van der Waals surface area contributed by atoms with Crippen molar-refractivity contribution >= 4 is 21.4 Å². The first-order valence-corrected chi connectivity index (χ1v) is 10.1. The standard InChI is InChI=1S/C22H21NO5S/c23-10-14-6-5-13(22-21(27)20(26)19(25)17(11-24)28-22)7-15(14)9-16-8-12-3-1-2-4-18(12)29-16/h1-8,17,19-22,24-27H,9,11H2/t17-,19-,20+,21-,22+/m1/s1. The molecule has 7 heteroatoms. The van der Waals surface area contributed by atoms with Crippen molar-refractivity contribution in [3.63, 3.8) is 0 Å². The van der Waals surface area contributed by atoms with Crippen molar-refractivity contribution in [3.8, 4) is 6.07 Å². The Morgan fingerprint density at radius 2 is 1.79 bits per heavy atom. The van der Waals surface area contributed by atoms with E-state index in [-0.39, 0.29) is 0 Å². The molecule has 0 radical (unpaired) electrons. The fourth-order valence-electron chi connectivity index (χ4n) is 3.73. The predicted molar refractivity (Wildman–Crippen MR) is 109 cm³/mol. The fourth-order valence-corrected chi connectivity index (χ4v) is 4.82. The smallest absolute Gasteiger partial charge is 0.113 e. The van der Waals surface area contributed by atoms with Gasteiger partial charge in [-0.3, -0.25) is 0 Å². The molecule has 1 aliphatic rings. The van der Waals surface area contributed by atoms with Crippen LogP contribution in [-0.2, 0) is 11.2 Å². The van der Waals surface area contributed by atoms with Gasteiger partial charge in [-0.25, -0.2) is 0 Å². The summed E-state index contributed by atoms with van der Waals surface area (Å²) in [6.07, 6.45) is -5.53. The van der Waals surface area contributed by atoms with Gasteiger partial charge >= 0.3 is 0 Å². The van der Waals surface area contributed by atoms with Gasteiger partial charge in [-0.2, -0.15) is 5.26 Å². The Kier molecular flexibility index (Phi) is 5.65. The van der Waals surface area contributed by atoms with Gasteiger partial charge in [0.2, 0.25) is 0 Å². The first kappa shape index (κ1) is 20.0. The zero-order chi connectivity index (χ0) is 20.5. The van der Waals surface area contributed by atoms with Gasteiger partial charge in [0, 0.05) is 16.0 Å². The van der Waals surface area contributed by atoms with Crippen LogP contribution in [-0.4, -0.2) is 51.4 Å².